The first-order valence-electron chi connectivity index (χ1n) is 3.36. The van der Waals surface area contributed by atoms with Gasteiger partial charge in [0.1, 0.15) is 6.07 Å². The molecule has 8 heteroatoms. The third-order valence-corrected chi connectivity index (χ3v) is 1.48. The molecule has 0 N–H and O–H groups in total. The van der Waals surface area contributed by atoms with Crippen LogP contribution in [0.4, 0.5) is 11.4 Å². The smallest absolute Gasteiger partial charge is 1.00 e. The maximum atomic E-state index is 10.3. The summed E-state index contributed by atoms with van der Waals surface area (Å²) in [6.07, 6.45) is 0. The Bertz CT molecular complexity index is 394. The van der Waals surface area contributed by atoms with Crippen molar-refractivity contribution in [2.24, 2.45) is 0 Å². The van der Waals surface area contributed by atoms with Gasteiger partial charge in [-0.15, -0.1) is 0 Å². The van der Waals surface area contributed by atoms with Gasteiger partial charge in [-0.1, -0.05) is 0 Å². The number of nitro groups is 1. The number of nitrogens with zero attached hydrogens (tertiary/aromatic N) is 3. The quantitative estimate of drug-likeness (QED) is 0.304. The molecular formula is C7H6ClN3O3Zn+2. The summed E-state index contributed by atoms with van der Waals surface area (Å²) in [6.45, 7) is 0. The standard InChI is InChI=1S/C7H6N3O3.ClH.Zn/c1-13-7-3-2-5(10(11)12)4-6(7)9-8;;/h2-4H,1H3;1H;/q+1;;+2/p-1. The SMILES string of the molecule is COc1ccc([N+](=O)[O-])cc1[N+]#N.[Cl-].[Zn+2]. The zero-order valence-corrected chi connectivity index (χ0v) is 11.6. The number of ether oxygens (including phenoxy) is 1. The molecule has 0 aliphatic carbocycles. The second kappa shape index (κ2) is 7.10. The molecule has 0 heterocycles. The average Bonchev–Trinajstić information content (AvgIpc) is 2.16. The molecule has 1 aromatic rings. The Morgan fingerprint density at radius 2 is 2.13 bits per heavy atom. The minimum Gasteiger partial charge on any atom is -1.00 e. The van der Waals surface area contributed by atoms with Crippen LogP contribution < -0.4 is 17.1 Å². The summed E-state index contributed by atoms with van der Waals surface area (Å²) in [5, 5.41) is 18.8. The van der Waals surface area contributed by atoms with Gasteiger partial charge in [0.25, 0.3) is 5.69 Å². The molecule has 0 bridgehead atoms. The van der Waals surface area contributed by atoms with Crippen LogP contribution in [0.15, 0.2) is 18.2 Å². The molecule has 15 heavy (non-hydrogen) atoms. The van der Waals surface area contributed by atoms with Crippen LogP contribution in [0.1, 0.15) is 0 Å². The topological polar surface area (TPSA) is 80.5 Å². The van der Waals surface area contributed by atoms with E-state index in [1.54, 1.807) is 0 Å². The van der Waals surface area contributed by atoms with Crippen molar-refractivity contribution in [3.8, 4) is 5.75 Å². The molecule has 74 valence electrons. The number of hydrogen-bond donors (Lipinski definition) is 0. The van der Waals surface area contributed by atoms with Gasteiger partial charge in [-0.05, 0) is 6.07 Å². The Labute approximate surface area is 105 Å². The van der Waals surface area contributed by atoms with Crippen molar-refractivity contribution in [1.29, 1.82) is 5.39 Å². The molecule has 1 rings (SSSR count). The summed E-state index contributed by atoms with van der Waals surface area (Å²) in [4.78, 5) is 12.6. The number of diazo groups is 1. The molecular weight excluding hydrogens is 275 g/mol. The molecule has 0 saturated carbocycles. The third-order valence-electron chi connectivity index (χ3n) is 1.48. The molecule has 0 aliphatic rings. The molecule has 0 saturated heterocycles. The number of benzene rings is 1. The Hall–Kier alpha value is -1.25. The van der Waals surface area contributed by atoms with Crippen LogP contribution >= 0.6 is 0 Å². The van der Waals surface area contributed by atoms with Gasteiger partial charge in [-0.25, -0.2) is 0 Å². The van der Waals surface area contributed by atoms with Crippen LogP contribution in [-0.4, -0.2) is 12.0 Å². The summed E-state index contributed by atoms with van der Waals surface area (Å²) in [6, 6.07) is 3.76. The summed E-state index contributed by atoms with van der Waals surface area (Å²) in [7, 11) is 1.38. The first-order valence-corrected chi connectivity index (χ1v) is 3.36. The van der Waals surface area contributed by atoms with E-state index in [0.717, 1.165) is 6.07 Å². The summed E-state index contributed by atoms with van der Waals surface area (Å²) < 4.78 is 4.79. The second-order valence-corrected chi connectivity index (χ2v) is 2.21. The van der Waals surface area contributed by atoms with Crippen LogP contribution in [0.5, 0.6) is 5.75 Å². The molecule has 6 nitrogen and oxygen atoms in total. The fourth-order valence-electron chi connectivity index (χ4n) is 0.870. The van der Waals surface area contributed by atoms with Crippen LogP contribution in [0, 0.1) is 15.5 Å². The predicted molar refractivity (Wildman–Crippen MR) is 44.4 cm³/mol. The monoisotopic (exact) mass is 279 g/mol. The van der Waals surface area contributed by atoms with Crippen LogP contribution in [0.3, 0.4) is 0 Å². The number of rotatable bonds is 2. The van der Waals surface area contributed by atoms with Crippen molar-refractivity contribution in [3.05, 3.63) is 33.3 Å². The van der Waals surface area contributed by atoms with Crippen LogP contribution in [0.25, 0.3) is 4.98 Å². The minimum atomic E-state index is -0.575. The third kappa shape index (κ3) is 3.78. The summed E-state index contributed by atoms with van der Waals surface area (Å²) in [5.41, 5.74) is -0.106. The Kier molecular flexibility index (Phi) is 7.66. The van der Waals surface area contributed by atoms with Crippen molar-refractivity contribution in [2.45, 2.75) is 0 Å². The zero-order chi connectivity index (χ0) is 9.84. The van der Waals surface area contributed by atoms with Crippen molar-refractivity contribution >= 4 is 11.4 Å². The van der Waals surface area contributed by atoms with E-state index in [-0.39, 0.29) is 49.0 Å². The van der Waals surface area contributed by atoms with E-state index in [0.29, 0.717) is 0 Å². The average molecular weight is 281 g/mol. The zero-order valence-electron chi connectivity index (χ0n) is 7.88. The second-order valence-electron chi connectivity index (χ2n) is 2.21. The number of methoxy groups -OCH3 is 1. The van der Waals surface area contributed by atoms with E-state index >= 15 is 0 Å². The first kappa shape index (κ1) is 16.2. The molecule has 0 radical (unpaired) electrons. The maximum absolute atomic E-state index is 10.3. The van der Waals surface area contributed by atoms with E-state index in [4.69, 9.17) is 10.1 Å². The Morgan fingerprint density at radius 3 is 2.53 bits per heavy atom. The number of halogens is 1. The maximum Gasteiger partial charge on any atom is 2.00 e. The van der Waals surface area contributed by atoms with Gasteiger partial charge >= 0.3 is 25.2 Å². The molecule has 0 atom stereocenters. The van der Waals surface area contributed by atoms with E-state index < -0.39 is 4.92 Å². The molecule has 0 aliphatic heterocycles. The van der Waals surface area contributed by atoms with E-state index in [1.165, 1.54) is 19.2 Å². The van der Waals surface area contributed by atoms with Crippen molar-refractivity contribution in [3.63, 3.8) is 0 Å². The minimum absolute atomic E-state index is 0. The van der Waals surface area contributed by atoms with Gasteiger partial charge < -0.3 is 17.1 Å². The van der Waals surface area contributed by atoms with E-state index in [9.17, 15) is 10.1 Å². The molecule has 0 spiro atoms. The largest absolute Gasteiger partial charge is 2.00 e. The molecule has 0 unspecified atom stereocenters. The number of hydrogen-bond acceptors (Lipinski definition) is 4. The summed E-state index contributed by atoms with van der Waals surface area (Å²) in [5.74, 6) is 0.285. The fourth-order valence-corrected chi connectivity index (χ4v) is 0.870. The molecule has 0 amide bonds. The van der Waals surface area contributed by atoms with Gasteiger partial charge in [0.05, 0.1) is 12.0 Å². The van der Waals surface area contributed by atoms with Gasteiger partial charge in [0, 0.05) is 6.07 Å². The van der Waals surface area contributed by atoms with Crippen LogP contribution in [0.2, 0.25) is 0 Å². The van der Waals surface area contributed by atoms with Gasteiger partial charge in [0.15, 0.2) is 4.98 Å². The fraction of sp³-hybridized carbons (Fsp3) is 0.143. The first-order chi connectivity index (χ1) is 6.19. The number of nitro benzene ring substituents is 1. The normalized spacial score (nSPS) is 7.73. The van der Waals surface area contributed by atoms with Crippen molar-refractivity contribution in [2.75, 3.05) is 7.11 Å². The number of non-ortho nitro benzene ring substituents is 1. The predicted octanol–water partition coefficient (Wildman–Crippen LogP) is -0.911. The summed E-state index contributed by atoms with van der Waals surface area (Å²) >= 11 is 0. The molecule has 0 aromatic heterocycles. The van der Waals surface area contributed by atoms with E-state index in [2.05, 4.69) is 4.98 Å². The van der Waals surface area contributed by atoms with Crippen molar-refractivity contribution in [1.82, 2.24) is 0 Å². The molecule has 1 aromatic carbocycles. The van der Waals surface area contributed by atoms with E-state index in [1.807, 2.05) is 0 Å². The Balaban J connectivity index is 0. The van der Waals surface area contributed by atoms with Crippen LogP contribution in [-0.2, 0) is 19.5 Å². The Morgan fingerprint density at radius 1 is 1.53 bits per heavy atom. The van der Waals surface area contributed by atoms with Gasteiger partial charge in [0.2, 0.25) is 11.1 Å². The van der Waals surface area contributed by atoms with Gasteiger partial charge in [-0.2, -0.15) is 0 Å². The van der Waals surface area contributed by atoms with Gasteiger partial charge in [-0.3, -0.25) is 10.1 Å². The molecule has 0 fully saturated rings. The van der Waals surface area contributed by atoms with Crippen molar-refractivity contribution < 1.29 is 41.5 Å².